The van der Waals surface area contributed by atoms with Crippen molar-refractivity contribution in [2.24, 2.45) is 0 Å². The molecule has 1 aliphatic rings. The van der Waals surface area contributed by atoms with E-state index in [1.165, 1.54) is 29.6 Å². The summed E-state index contributed by atoms with van der Waals surface area (Å²) in [6.45, 7) is 3.81. The maximum Gasteiger partial charge on any atom is 0.261 e. The largest absolute Gasteiger partial charge is 0.497 e. The Morgan fingerprint density at radius 1 is 0.931 bits per heavy atom. The van der Waals surface area contributed by atoms with Crippen LogP contribution >= 0.6 is 0 Å². The number of rotatable bonds is 6. The molecule has 0 spiro atoms. The predicted molar refractivity (Wildman–Crippen MR) is 111 cm³/mol. The molecule has 8 nitrogen and oxygen atoms in total. The molecule has 0 saturated carbocycles. The number of benzene rings is 2. The molecule has 0 unspecified atom stereocenters. The van der Waals surface area contributed by atoms with Crippen molar-refractivity contribution in [3.05, 3.63) is 48.0 Å². The molecule has 1 N–H and O–H groups in total. The second-order valence-corrected chi connectivity index (χ2v) is 10.6. The zero-order valence-corrected chi connectivity index (χ0v) is 18.3. The number of aryl methyl sites for hydroxylation is 1. The van der Waals surface area contributed by atoms with Gasteiger partial charge in [0.25, 0.3) is 10.0 Å². The van der Waals surface area contributed by atoms with Crippen molar-refractivity contribution in [1.29, 1.82) is 0 Å². The van der Waals surface area contributed by atoms with Gasteiger partial charge in [-0.1, -0.05) is 6.07 Å². The second kappa shape index (κ2) is 8.31. The van der Waals surface area contributed by atoms with Crippen molar-refractivity contribution in [2.75, 3.05) is 45.1 Å². The number of ether oxygens (including phenoxy) is 1. The number of piperazine rings is 1. The number of sulfonamides is 2. The van der Waals surface area contributed by atoms with E-state index in [2.05, 4.69) is 9.62 Å². The normalized spacial score (nSPS) is 16.5. The zero-order chi connectivity index (χ0) is 21.2. The Kier molecular flexibility index (Phi) is 6.18. The van der Waals surface area contributed by atoms with Crippen molar-refractivity contribution in [2.45, 2.75) is 16.7 Å². The van der Waals surface area contributed by atoms with Crippen molar-refractivity contribution in [3.8, 4) is 5.75 Å². The number of hydrogen-bond acceptors (Lipinski definition) is 6. The van der Waals surface area contributed by atoms with Gasteiger partial charge in [0, 0.05) is 26.2 Å². The molecule has 1 saturated heterocycles. The maximum atomic E-state index is 13.1. The lowest BCUT2D eigenvalue weighted by atomic mass is 10.2. The average molecular weight is 440 g/mol. The minimum Gasteiger partial charge on any atom is -0.497 e. The molecule has 0 bridgehead atoms. The number of nitrogens with one attached hydrogen (secondary N) is 1. The van der Waals surface area contributed by atoms with Crippen LogP contribution in [0.5, 0.6) is 5.75 Å². The van der Waals surface area contributed by atoms with Crippen molar-refractivity contribution >= 4 is 25.7 Å². The van der Waals surface area contributed by atoms with E-state index < -0.39 is 20.0 Å². The molecule has 0 amide bonds. The average Bonchev–Trinajstić information content (AvgIpc) is 2.69. The quantitative estimate of drug-likeness (QED) is 0.737. The summed E-state index contributed by atoms with van der Waals surface area (Å²) in [5.74, 6) is 0.542. The topological polar surface area (TPSA) is 96.0 Å². The molecule has 3 rings (SSSR count). The highest BCUT2D eigenvalue weighted by molar-refractivity contribution is 7.92. The molecule has 10 heteroatoms. The third kappa shape index (κ3) is 4.72. The van der Waals surface area contributed by atoms with E-state index in [1.54, 1.807) is 31.2 Å². The van der Waals surface area contributed by atoms with E-state index in [-0.39, 0.29) is 15.5 Å². The van der Waals surface area contributed by atoms with E-state index in [4.69, 9.17) is 4.74 Å². The number of likely N-dealkylation sites (N-methyl/N-ethyl adjacent to an activating group) is 1. The summed E-state index contributed by atoms with van der Waals surface area (Å²) in [4.78, 5) is 2.23. The summed E-state index contributed by atoms with van der Waals surface area (Å²) in [7, 11) is -4.13. The summed E-state index contributed by atoms with van der Waals surface area (Å²) in [5.41, 5.74) is 0.760. The first-order chi connectivity index (χ1) is 13.6. The molecule has 0 radical (unpaired) electrons. The highest BCUT2D eigenvalue weighted by atomic mass is 32.2. The number of anilines is 1. The molecule has 2 aromatic carbocycles. The summed E-state index contributed by atoms with van der Waals surface area (Å²) < 4.78 is 60.5. The van der Waals surface area contributed by atoms with Crippen LogP contribution < -0.4 is 9.46 Å². The van der Waals surface area contributed by atoms with E-state index in [0.717, 1.165) is 0 Å². The Hall–Kier alpha value is -2.14. The van der Waals surface area contributed by atoms with Gasteiger partial charge in [0.05, 0.1) is 22.6 Å². The molecule has 1 fully saturated rings. The van der Waals surface area contributed by atoms with Crippen LogP contribution in [0.3, 0.4) is 0 Å². The highest BCUT2D eigenvalue weighted by Crippen LogP contribution is 2.26. The van der Waals surface area contributed by atoms with Crippen LogP contribution in [0, 0.1) is 6.92 Å². The van der Waals surface area contributed by atoms with Gasteiger partial charge in [-0.05, 0) is 55.9 Å². The van der Waals surface area contributed by atoms with Crippen LogP contribution in [0.4, 0.5) is 5.69 Å². The summed E-state index contributed by atoms with van der Waals surface area (Å²) in [6, 6.07) is 10.5. The molecule has 0 aliphatic carbocycles. The fourth-order valence-corrected chi connectivity index (χ4v) is 5.80. The Morgan fingerprint density at radius 2 is 1.55 bits per heavy atom. The lowest BCUT2D eigenvalue weighted by Crippen LogP contribution is -2.47. The van der Waals surface area contributed by atoms with Gasteiger partial charge in [-0.2, -0.15) is 4.31 Å². The first-order valence-corrected chi connectivity index (χ1v) is 12.0. The lowest BCUT2D eigenvalue weighted by molar-refractivity contribution is 0.222. The summed E-state index contributed by atoms with van der Waals surface area (Å²) in [6.07, 6.45) is 0. The second-order valence-electron chi connectivity index (χ2n) is 6.97. The van der Waals surface area contributed by atoms with E-state index in [9.17, 15) is 16.8 Å². The van der Waals surface area contributed by atoms with Crippen LogP contribution in [0.25, 0.3) is 0 Å². The van der Waals surface area contributed by atoms with Crippen molar-refractivity contribution < 1.29 is 21.6 Å². The lowest BCUT2D eigenvalue weighted by Gasteiger charge is -2.32. The first kappa shape index (κ1) is 21.6. The Morgan fingerprint density at radius 3 is 2.14 bits per heavy atom. The fraction of sp³-hybridized carbons (Fsp3) is 0.368. The third-order valence-electron chi connectivity index (χ3n) is 4.89. The smallest absolute Gasteiger partial charge is 0.261 e. The predicted octanol–water partition coefficient (Wildman–Crippen LogP) is 1.74. The van der Waals surface area contributed by atoms with Crippen LogP contribution in [0.15, 0.2) is 52.3 Å². The monoisotopic (exact) mass is 439 g/mol. The summed E-state index contributed by atoms with van der Waals surface area (Å²) >= 11 is 0. The highest BCUT2D eigenvalue weighted by Gasteiger charge is 2.29. The van der Waals surface area contributed by atoms with Gasteiger partial charge in [-0.3, -0.25) is 4.72 Å². The maximum absolute atomic E-state index is 13.1. The first-order valence-electron chi connectivity index (χ1n) is 9.10. The van der Waals surface area contributed by atoms with Crippen LogP contribution in [-0.4, -0.2) is 66.4 Å². The van der Waals surface area contributed by atoms with Crippen LogP contribution in [-0.2, 0) is 20.0 Å². The molecular weight excluding hydrogens is 414 g/mol. The SMILES string of the molecule is COc1ccc(S(=O)(=O)Nc2ccc(C)c(S(=O)(=O)N3CCN(C)CC3)c2)cc1. The van der Waals surface area contributed by atoms with Gasteiger partial charge in [-0.25, -0.2) is 16.8 Å². The molecule has 1 heterocycles. The molecule has 0 atom stereocenters. The Labute approximate surface area is 172 Å². The zero-order valence-electron chi connectivity index (χ0n) is 16.6. The van der Waals surface area contributed by atoms with Crippen LogP contribution in [0.2, 0.25) is 0 Å². The molecule has 2 aromatic rings. The minimum atomic E-state index is -3.87. The van der Waals surface area contributed by atoms with Gasteiger partial charge < -0.3 is 9.64 Å². The Balaban J connectivity index is 1.88. The minimum absolute atomic E-state index is 0.0577. The van der Waals surface area contributed by atoms with Crippen LogP contribution in [0.1, 0.15) is 5.56 Å². The van der Waals surface area contributed by atoms with Crippen molar-refractivity contribution in [3.63, 3.8) is 0 Å². The van der Waals surface area contributed by atoms with Gasteiger partial charge in [0.15, 0.2) is 0 Å². The van der Waals surface area contributed by atoms with E-state index in [0.29, 0.717) is 37.5 Å². The number of nitrogens with zero attached hydrogens (tertiary/aromatic N) is 2. The van der Waals surface area contributed by atoms with E-state index >= 15 is 0 Å². The van der Waals surface area contributed by atoms with Gasteiger partial charge in [0.2, 0.25) is 10.0 Å². The van der Waals surface area contributed by atoms with E-state index in [1.807, 2.05) is 7.05 Å². The molecule has 1 aliphatic heterocycles. The fourth-order valence-electron chi connectivity index (χ4n) is 3.08. The van der Waals surface area contributed by atoms with Gasteiger partial charge in [-0.15, -0.1) is 0 Å². The van der Waals surface area contributed by atoms with Gasteiger partial charge in [0.1, 0.15) is 5.75 Å². The molecule has 158 valence electrons. The number of methoxy groups -OCH3 is 1. The standard InChI is InChI=1S/C19H25N3O5S2/c1-15-4-5-16(20-28(23,24)18-8-6-17(27-3)7-9-18)14-19(15)29(25,26)22-12-10-21(2)11-13-22/h4-9,14,20H,10-13H2,1-3H3. The molecular formula is C19H25N3O5S2. The Bertz CT molecular complexity index is 1080. The van der Waals surface area contributed by atoms with Gasteiger partial charge >= 0.3 is 0 Å². The number of hydrogen-bond donors (Lipinski definition) is 1. The third-order valence-corrected chi connectivity index (χ3v) is 8.33. The molecule has 0 aromatic heterocycles. The summed E-state index contributed by atoms with van der Waals surface area (Å²) in [5, 5.41) is 0. The molecule has 29 heavy (non-hydrogen) atoms. The van der Waals surface area contributed by atoms with Crippen molar-refractivity contribution in [1.82, 2.24) is 9.21 Å².